The van der Waals surface area contributed by atoms with Crippen molar-refractivity contribution in [3.8, 4) is 11.5 Å². The Bertz CT molecular complexity index is 1210. The lowest BCUT2D eigenvalue weighted by Crippen LogP contribution is -2.34. The second-order valence-electron chi connectivity index (χ2n) is 7.91. The monoisotopic (exact) mass is 461 g/mol. The average molecular weight is 462 g/mol. The van der Waals surface area contributed by atoms with Crippen LogP contribution in [0.25, 0.3) is 10.2 Å². The van der Waals surface area contributed by atoms with Crippen LogP contribution in [0.3, 0.4) is 0 Å². The third-order valence-electron chi connectivity index (χ3n) is 5.16. The molecule has 0 spiro atoms. The zero-order chi connectivity index (χ0) is 23.2. The standard InChI is InChI=1S/C26H27N3O3S/c1-4-31-22-11-12-23-24(14-22)33-26(28-23)29(16-19-6-5-13-27-15-19)25(30)17-32-21-9-7-20(8-10-21)18(2)3/h5-15,18H,4,16-17H2,1-3H3. The first-order valence-electron chi connectivity index (χ1n) is 11.0. The molecule has 2 aromatic heterocycles. The molecule has 7 heteroatoms. The van der Waals surface area contributed by atoms with Crippen LogP contribution >= 0.6 is 11.3 Å². The molecule has 0 aliphatic heterocycles. The highest BCUT2D eigenvalue weighted by atomic mass is 32.1. The van der Waals surface area contributed by atoms with E-state index < -0.39 is 0 Å². The lowest BCUT2D eigenvalue weighted by molar-refractivity contribution is -0.120. The van der Waals surface area contributed by atoms with E-state index in [9.17, 15) is 4.79 Å². The summed E-state index contributed by atoms with van der Waals surface area (Å²) in [4.78, 5) is 23.8. The molecule has 0 aliphatic carbocycles. The summed E-state index contributed by atoms with van der Waals surface area (Å²) in [6, 6.07) is 17.4. The van der Waals surface area contributed by atoms with Crippen molar-refractivity contribution < 1.29 is 14.3 Å². The van der Waals surface area contributed by atoms with Gasteiger partial charge < -0.3 is 9.47 Å². The zero-order valence-electron chi connectivity index (χ0n) is 19.0. The summed E-state index contributed by atoms with van der Waals surface area (Å²) in [5.41, 5.74) is 2.97. The highest BCUT2D eigenvalue weighted by Crippen LogP contribution is 2.32. The Balaban J connectivity index is 1.56. The topological polar surface area (TPSA) is 64.5 Å². The van der Waals surface area contributed by atoms with Crippen LogP contribution in [0, 0.1) is 0 Å². The van der Waals surface area contributed by atoms with Crippen LogP contribution in [0.2, 0.25) is 0 Å². The maximum absolute atomic E-state index is 13.3. The van der Waals surface area contributed by atoms with E-state index in [2.05, 4.69) is 18.8 Å². The molecule has 0 atom stereocenters. The van der Waals surface area contributed by atoms with E-state index in [0.717, 1.165) is 21.5 Å². The van der Waals surface area contributed by atoms with E-state index >= 15 is 0 Å². The van der Waals surface area contributed by atoms with Crippen molar-refractivity contribution >= 4 is 32.6 Å². The van der Waals surface area contributed by atoms with Crippen LogP contribution in [0.5, 0.6) is 11.5 Å². The fraction of sp³-hybridized carbons (Fsp3) is 0.269. The Morgan fingerprint density at radius 1 is 1.06 bits per heavy atom. The number of aromatic nitrogens is 2. The summed E-state index contributed by atoms with van der Waals surface area (Å²) >= 11 is 1.46. The highest BCUT2D eigenvalue weighted by molar-refractivity contribution is 7.22. The third-order valence-corrected chi connectivity index (χ3v) is 6.21. The number of ether oxygens (including phenoxy) is 2. The summed E-state index contributed by atoms with van der Waals surface area (Å²) < 4.78 is 12.4. The number of amides is 1. The number of benzene rings is 2. The van der Waals surface area contributed by atoms with Gasteiger partial charge in [0.05, 0.1) is 23.4 Å². The molecule has 0 saturated carbocycles. The fourth-order valence-corrected chi connectivity index (χ4v) is 4.38. The molecule has 1 amide bonds. The van der Waals surface area contributed by atoms with Gasteiger partial charge in [0, 0.05) is 12.4 Å². The molecule has 0 radical (unpaired) electrons. The quantitative estimate of drug-likeness (QED) is 0.314. The van der Waals surface area contributed by atoms with Gasteiger partial charge in [-0.25, -0.2) is 4.98 Å². The molecule has 0 bridgehead atoms. The summed E-state index contributed by atoms with van der Waals surface area (Å²) in [7, 11) is 0. The van der Waals surface area contributed by atoms with E-state index in [1.165, 1.54) is 16.9 Å². The molecule has 170 valence electrons. The summed E-state index contributed by atoms with van der Waals surface area (Å²) in [5, 5.41) is 0.617. The predicted molar refractivity (Wildman–Crippen MR) is 132 cm³/mol. The van der Waals surface area contributed by atoms with Crippen molar-refractivity contribution in [1.82, 2.24) is 9.97 Å². The molecule has 2 aromatic carbocycles. The predicted octanol–water partition coefficient (Wildman–Crippen LogP) is 5.83. The highest BCUT2D eigenvalue weighted by Gasteiger charge is 2.21. The van der Waals surface area contributed by atoms with Gasteiger partial charge in [0.15, 0.2) is 11.7 Å². The molecule has 0 unspecified atom stereocenters. The average Bonchev–Trinajstić information content (AvgIpc) is 3.25. The van der Waals surface area contributed by atoms with Crippen molar-refractivity contribution in [3.63, 3.8) is 0 Å². The number of nitrogens with zero attached hydrogens (tertiary/aromatic N) is 3. The van der Waals surface area contributed by atoms with Crippen LogP contribution in [-0.2, 0) is 11.3 Å². The Labute approximate surface area is 197 Å². The number of carbonyl (C=O) groups is 1. The van der Waals surface area contributed by atoms with E-state index in [-0.39, 0.29) is 12.5 Å². The van der Waals surface area contributed by atoms with Gasteiger partial charge in [0.25, 0.3) is 5.91 Å². The molecular weight excluding hydrogens is 434 g/mol. The molecule has 0 saturated heterocycles. The molecule has 2 heterocycles. The number of hydrogen-bond acceptors (Lipinski definition) is 6. The normalized spacial score (nSPS) is 11.0. The van der Waals surface area contributed by atoms with Gasteiger partial charge in [-0.1, -0.05) is 43.4 Å². The van der Waals surface area contributed by atoms with Crippen LogP contribution in [-0.4, -0.2) is 29.1 Å². The van der Waals surface area contributed by atoms with Crippen molar-refractivity contribution in [1.29, 1.82) is 0 Å². The SMILES string of the molecule is CCOc1ccc2nc(N(Cc3cccnc3)C(=O)COc3ccc(C(C)C)cc3)sc2c1. The summed E-state index contributed by atoms with van der Waals surface area (Å²) in [6.45, 7) is 7.11. The summed E-state index contributed by atoms with van der Waals surface area (Å²) in [5.74, 6) is 1.73. The lowest BCUT2D eigenvalue weighted by atomic mass is 10.0. The maximum atomic E-state index is 13.3. The molecular formula is C26H27N3O3S. The maximum Gasteiger partial charge on any atom is 0.267 e. The van der Waals surface area contributed by atoms with Gasteiger partial charge in [-0.3, -0.25) is 14.7 Å². The van der Waals surface area contributed by atoms with Crippen LogP contribution in [0.1, 0.15) is 37.8 Å². The minimum absolute atomic E-state index is 0.0819. The van der Waals surface area contributed by atoms with Crippen LogP contribution < -0.4 is 14.4 Å². The van der Waals surface area contributed by atoms with Crippen molar-refractivity contribution in [3.05, 3.63) is 78.1 Å². The first kappa shape index (κ1) is 22.7. The molecule has 0 aliphatic rings. The summed E-state index contributed by atoms with van der Waals surface area (Å²) in [6.07, 6.45) is 3.47. The number of hydrogen-bond donors (Lipinski definition) is 0. The molecule has 4 rings (SSSR count). The first-order chi connectivity index (χ1) is 16.0. The van der Waals surface area contributed by atoms with E-state index in [1.807, 2.05) is 61.5 Å². The Morgan fingerprint density at radius 3 is 2.55 bits per heavy atom. The molecule has 33 heavy (non-hydrogen) atoms. The minimum Gasteiger partial charge on any atom is -0.494 e. The Kier molecular flexibility index (Phi) is 7.19. The number of thiazole rings is 1. The molecule has 0 fully saturated rings. The van der Waals surface area contributed by atoms with Crippen LogP contribution in [0.15, 0.2) is 67.0 Å². The fourth-order valence-electron chi connectivity index (χ4n) is 3.37. The lowest BCUT2D eigenvalue weighted by Gasteiger charge is -2.20. The van der Waals surface area contributed by atoms with Gasteiger partial charge in [-0.05, 0) is 60.4 Å². The van der Waals surface area contributed by atoms with Gasteiger partial charge in [-0.2, -0.15) is 0 Å². The van der Waals surface area contributed by atoms with E-state index in [4.69, 9.17) is 14.5 Å². The van der Waals surface area contributed by atoms with E-state index in [1.54, 1.807) is 17.3 Å². The van der Waals surface area contributed by atoms with E-state index in [0.29, 0.717) is 30.0 Å². The number of carbonyl (C=O) groups excluding carboxylic acids is 1. The van der Waals surface area contributed by atoms with Gasteiger partial charge >= 0.3 is 0 Å². The van der Waals surface area contributed by atoms with Crippen molar-refractivity contribution in [2.24, 2.45) is 0 Å². The Morgan fingerprint density at radius 2 is 1.85 bits per heavy atom. The Hall–Kier alpha value is -3.45. The largest absolute Gasteiger partial charge is 0.494 e. The second-order valence-corrected chi connectivity index (χ2v) is 8.92. The second kappa shape index (κ2) is 10.4. The number of anilines is 1. The number of pyridine rings is 1. The zero-order valence-corrected chi connectivity index (χ0v) is 19.8. The number of fused-ring (bicyclic) bond motifs is 1. The van der Waals surface area contributed by atoms with Gasteiger partial charge in [0.2, 0.25) is 0 Å². The molecule has 4 aromatic rings. The van der Waals surface area contributed by atoms with Gasteiger partial charge in [-0.15, -0.1) is 0 Å². The third kappa shape index (κ3) is 5.68. The van der Waals surface area contributed by atoms with Gasteiger partial charge in [0.1, 0.15) is 11.5 Å². The van der Waals surface area contributed by atoms with Crippen LogP contribution in [0.4, 0.5) is 5.13 Å². The molecule has 6 nitrogen and oxygen atoms in total. The minimum atomic E-state index is -0.170. The molecule has 0 N–H and O–H groups in total. The smallest absolute Gasteiger partial charge is 0.267 e. The number of rotatable bonds is 9. The van der Waals surface area contributed by atoms with Crippen molar-refractivity contribution in [2.75, 3.05) is 18.1 Å². The van der Waals surface area contributed by atoms with Crippen molar-refractivity contribution in [2.45, 2.75) is 33.2 Å². The first-order valence-corrected chi connectivity index (χ1v) is 11.8.